The molecule has 1 heterocycles. The van der Waals surface area contributed by atoms with Crippen LogP contribution >= 0.6 is 0 Å². The molecule has 1 aromatic carbocycles. The number of fused-ring (bicyclic) bond motifs is 1. The fourth-order valence-corrected chi connectivity index (χ4v) is 2.07. The second kappa shape index (κ2) is 5.50. The summed E-state index contributed by atoms with van der Waals surface area (Å²) in [5, 5.41) is 9.65. The molecule has 0 atom stereocenters. The second-order valence-corrected chi connectivity index (χ2v) is 4.07. The smallest absolute Gasteiger partial charge is 0.466 e. The summed E-state index contributed by atoms with van der Waals surface area (Å²) >= 11 is 0. The molecule has 1 aliphatic rings. The molecule has 0 unspecified atom stereocenters. The predicted octanol–water partition coefficient (Wildman–Crippen LogP) is 0.539. The molecule has 0 radical (unpaired) electrons. The molecule has 0 bridgehead atoms. The average Bonchev–Trinajstić information content (AvgIpc) is 2.73. The van der Waals surface area contributed by atoms with Crippen molar-refractivity contribution in [3.8, 4) is 0 Å². The van der Waals surface area contributed by atoms with Crippen LogP contribution < -0.4 is 5.46 Å². The van der Waals surface area contributed by atoms with E-state index in [9.17, 15) is 14.2 Å². The van der Waals surface area contributed by atoms with Crippen LogP contribution in [0.3, 0.4) is 0 Å². The summed E-state index contributed by atoms with van der Waals surface area (Å²) in [4.78, 5) is 11.3. The molecule has 1 N–H and O–H groups in total. The van der Waals surface area contributed by atoms with Gasteiger partial charge in [-0.3, -0.25) is 4.79 Å². The van der Waals surface area contributed by atoms with Crippen LogP contribution in [0, 0.1) is 5.82 Å². The number of aryl methyl sites for hydroxylation is 1. The molecule has 0 aromatic heterocycles. The molecule has 6 heteroatoms. The van der Waals surface area contributed by atoms with Crippen LogP contribution in [0.2, 0.25) is 0 Å². The minimum absolute atomic E-state index is 0.0651. The first-order valence-corrected chi connectivity index (χ1v) is 5.89. The van der Waals surface area contributed by atoms with Crippen LogP contribution in [0.1, 0.15) is 24.5 Å². The van der Waals surface area contributed by atoms with Gasteiger partial charge in [0.25, 0.3) is 0 Å². The molecule has 4 nitrogen and oxygen atoms in total. The van der Waals surface area contributed by atoms with E-state index in [-0.39, 0.29) is 24.8 Å². The molecule has 1 aromatic rings. The van der Waals surface area contributed by atoms with Gasteiger partial charge in [-0.25, -0.2) is 4.39 Å². The van der Waals surface area contributed by atoms with Crippen LogP contribution in [-0.4, -0.2) is 24.7 Å². The maximum Gasteiger partial charge on any atom is 0.492 e. The van der Waals surface area contributed by atoms with E-state index in [1.807, 2.05) is 0 Å². The number of ether oxygens (including phenoxy) is 1. The SMILES string of the molecule is CCOC(=O)CCc1ccc(F)c2c1B(O)OC2. The van der Waals surface area contributed by atoms with Crippen LogP contribution in [0.25, 0.3) is 0 Å². The molecule has 0 fully saturated rings. The molecular weight excluding hydrogens is 238 g/mol. The van der Waals surface area contributed by atoms with Crippen molar-refractivity contribution in [2.24, 2.45) is 0 Å². The number of carbonyl (C=O) groups excluding carboxylic acids is 1. The summed E-state index contributed by atoms with van der Waals surface area (Å²) in [5.74, 6) is -0.689. The van der Waals surface area contributed by atoms with E-state index in [1.165, 1.54) is 6.07 Å². The molecule has 1 aliphatic heterocycles. The number of benzene rings is 1. The summed E-state index contributed by atoms with van der Waals surface area (Å²) in [6.07, 6.45) is 0.612. The zero-order valence-corrected chi connectivity index (χ0v) is 10.1. The van der Waals surface area contributed by atoms with Gasteiger partial charge in [-0.2, -0.15) is 0 Å². The monoisotopic (exact) mass is 252 g/mol. The highest BCUT2D eigenvalue weighted by molar-refractivity contribution is 6.62. The van der Waals surface area contributed by atoms with E-state index in [4.69, 9.17) is 9.39 Å². The lowest BCUT2D eigenvalue weighted by molar-refractivity contribution is -0.143. The summed E-state index contributed by atoms with van der Waals surface area (Å²) in [7, 11) is -1.10. The number of hydrogen-bond donors (Lipinski definition) is 1. The number of esters is 1. The molecule has 18 heavy (non-hydrogen) atoms. The Hall–Kier alpha value is -1.40. The number of hydrogen-bond acceptors (Lipinski definition) is 4. The predicted molar refractivity (Wildman–Crippen MR) is 63.7 cm³/mol. The normalized spacial score (nSPS) is 13.6. The first-order valence-electron chi connectivity index (χ1n) is 5.89. The number of carbonyl (C=O) groups is 1. The van der Waals surface area contributed by atoms with Gasteiger partial charge < -0.3 is 14.4 Å². The molecule has 0 aliphatic carbocycles. The van der Waals surface area contributed by atoms with Gasteiger partial charge in [0, 0.05) is 12.0 Å². The molecule has 2 rings (SSSR count). The lowest BCUT2D eigenvalue weighted by Gasteiger charge is -2.08. The van der Waals surface area contributed by atoms with Gasteiger partial charge in [-0.1, -0.05) is 6.07 Å². The van der Waals surface area contributed by atoms with E-state index < -0.39 is 7.12 Å². The fourth-order valence-electron chi connectivity index (χ4n) is 2.07. The lowest BCUT2D eigenvalue weighted by Crippen LogP contribution is -2.32. The van der Waals surface area contributed by atoms with Crippen LogP contribution in [0.15, 0.2) is 12.1 Å². The number of rotatable bonds is 4. The Morgan fingerprint density at radius 1 is 1.61 bits per heavy atom. The minimum Gasteiger partial charge on any atom is -0.466 e. The summed E-state index contributed by atoms with van der Waals surface area (Å²) in [6.45, 7) is 2.15. The van der Waals surface area contributed by atoms with Gasteiger partial charge in [-0.15, -0.1) is 0 Å². The lowest BCUT2D eigenvalue weighted by atomic mass is 9.75. The number of halogens is 1. The van der Waals surface area contributed by atoms with E-state index in [2.05, 4.69) is 0 Å². The highest BCUT2D eigenvalue weighted by Crippen LogP contribution is 2.17. The van der Waals surface area contributed by atoms with E-state index >= 15 is 0 Å². The third-order valence-corrected chi connectivity index (χ3v) is 2.93. The average molecular weight is 252 g/mol. The van der Waals surface area contributed by atoms with Crippen molar-refractivity contribution in [3.05, 3.63) is 29.1 Å². The van der Waals surface area contributed by atoms with Crippen molar-refractivity contribution >= 4 is 18.6 Å². The third kappa shape index (κ3) is 2.54. The summed E-state index contributed by atoms with van der Waals surface area (Å²) in [5.41, 5.74) is 1.56. The maximum absolute atomic E-state index is 13.5. The molecular formula is C12H14BFO4. The minimum atomic E-state index is -1.10. The first kappa shape index (κ1) is 13.0. The quantitative estimate of drug-likeness (QED) is 0.627. The Balaban J connectivity index is 2.15. The zero-order valence-electron chi connectivity index (χ0n) is 10.1. The highest BCUT2D eigenvalue weighted by Gasteiger charge is 2.32. The Labute approximate surface area is 105 Å². The van der Waals surface area contributed by atoms with E-state index in [0.29, 0.717) is 24.1 Å². The van der Waals surface area contributed by atoms with Crippen molar-refractivity contribution in [1.82, 2.24) is 0 Å². The third-order valence-electron chi connectivity index (χ3n) is 2.93. The topological polar surface area (TPSA) is 55.8 Å². The molecule has 96 valence electrons. The van der Waals surface area contributed by atoms with Gasteiger partial charge in [-0.05, 0) is 30.4 Å². The fraction of sp³-hybridized carbons (Fsp3) is 0.417. The van der Waals surface area contributed by atoms with Gasteiger partial charge >= 0.3 is 13.1 Å². The van der Waals surface area contributed by atoms with Crippen molar-refractivity contribution in [2.75, 3.05) is 6.61 Å². The van der Waals surface area contributed by atoms with E-state index in [1.54, 1.807) is 13.0 Å². The Bertz CT molecular complexity index is 464. The molecule has 0 saturated carbocycles. The van der Waals surface area contributed by atoms with Crippen molar-refractivity contribution < 1.29 is 23.6 Å². The largest absolute Gasteiger partial charge is 0.492 e. The Kier molecular flexibility index (Phi) is 3.99. The van der Waals surface area contributed by atoms with Gasteiger partial charge in [0.05, 0.1) is 13.2 Å². The maximum atomic E-state index is 13.5. The van der Waals surface area contributed by atoms with Crippen LogP contribution in [0.4, 0.5) is 4.39 Å². The molecule has 0 amide bonds. The zero-order chi connectivity index (χ0) is 13.1. The van der Waals surface area contributed by atoms with Crippen LogP contribution in [0.5, 0.6) is 0 Å². The standard InChI is InChI=1S/C12H14BFO4/c1-2-17-11(15)6-4-8-3-5-10(14)9-7-18-13(16)12(8)9/h3,5,16H,2,4,6-7H2,1H3. The molecule has 0 saturated heterocycles. The van der Waals surface area contributed by atoms with Gasteiger partial charge in [0.1, 0.15) is 5.82 Å². The van der Waals surface area contributed by atoms with Crippen molar-refractivity contribution in [1.29, 1.82) is 0 Å². The van der Waals surface area contributed by atoms with Crippen LogP contribution in [-0.2, 0) is 27.2 Å². The Morgan fingerprint density at radius 3 is 3.11 bits per heavy atom. The van der Waals surface area contributed by atoms with E-state index in [0.717, 1.165) is 5.56 Å². The van der Waals surface area contributed by atoms with Gasteiger partial charge in [0.15, 0.2) is 0 Å². The van der Waals surface area contributed by atoms with Crippen molar-refractivity contribution in [3.63, 3.8) is 0 Å². The summed E-state index contributed by atoms with van der Waals surface area (Å²) in [6, 6.07) is 2.91. The first-order chi connectivity index (χ1) is 8.63. The second-order valence-electron chi connectivity index (χ2n) is 4.07. The highest BCUT2D eigenvalue weighted by atomic mass is 19.1. The van der Waals surface area contributed by atoms with Crippen molar-refractivity contribution in [2.45, 2.75) is 26.4 Å². The summed E-state index contributed by atoms with van der Waals surface area (Å²) < 4.78 is 23.3. The Morgan fingerprint density at radius 2 is 2.39 bits per heavy atom. The van der Waals surface area contributed by atoms with Gasteiger partial charge in [0.2, 0.25) is 0 Å². The molecule has 0 spiro atoms.